The fourth-order valence-electron chi connectivity index (χ4n) is 7.47. The van der Waals surface area contributed by atoms with E-state index >= 15 is 0 Å². The number of rotatable bonds is 8. The first-order valence-electron chi connectivity index (χ1n) is 13.9. The van der Waals surface area contributed by atoms with Gasteiger partial charge in [-0.3, -0.25) is 0 Å². The minimum Gasteiger partial charge on any atom is -0.489 e. The number of hydrogen-bond acceptors (Lipinski definition) is 2. The van der Waals surface area contributed by atoms with Crippen molar-refractivity contribution >= 4 is 5.57 Å². The molecule has 37 heavy (non-hydrogen) atoms. The highest BCUT2D eigenvalue weighted by Crippen LogP contribution is 2.61. The lowest BCUT2D eigenvalue weighted by molar-refractivity contribution is -0.0466. The molecular weight excluding hydrogens is 452 g/mol. The van der Waals surface area contributed by atoms with Gasteiger partial charge in [-0.25, -0.2) is 0 Å². The number of hydrogen-bond donors (Lipinski definition) is 0. The summed E-state index contributed by atoms with van der Waals surface area (Å²) in [7, 11) is 0. The summed E-state index contributed by atoms with van der Waals surface area (Å²) in [5.41, 5.74) is 8.75. The van der Waals surface area contributed by atoms with Gasteiger partial charge in [0.2, 0.25) is 0 Å². The molecule has 1 fully saturated rings. The van der Waals surface area contributed by atoms with Crippen molar-refractivity contribution in [3.05, 3.63) is 119 Å². The van der Waals surface area contributed by atoms with Crippen molar-refractivity contribution in [1.29, 1.82) is 0 Å². The lowest BCUT2D eigenvalue weighted by Gasteiger charge is -2.48. The van der Waals surface area contributed by atoms with Gasteiger partial charge in [-0.15, -0.1) is 6.58 Å². The molecule has 0 spiro atoms. The van der Waals surface area contributed by atoms with Crippen LogP contribution in [0.3, 0.4) is 0 Å². The zero-order chi connectivity index (χ0) is 25.2. The fraction of sp³-hybridized carbons (Fsp3) is 0.371. The Labute approximate surface area is 222 Å². The van der Waals surface area contributed by atoms with Crippen LogP contribution in [0, 0.1) is 17.3 Å². The zero-order valence-electron chi connectivity index (χ0n) is 22.0. The van der Waals surface area contributed by atoms with Crippen LogP contribution in [0.2, 0.25) is 0 Å². The van der Waals surface area contributed by atoms with E-state index in [1.165, 1.54) is 35.1 Å². The van der Waals surface area contributed by atoms with Crippen LogP contribution in [0.5, 0.6) is 5.75 Å². The lowest BCUT2D eigenvalue weighted by atomic mass is 9.57. The summed E-state index contributed by atoms with van der Waals surface area (Å²) in [5.74, 6) is 2.27. The van der Waals surface area contributed by atoms with Crippen LogP contribution in [-0.2, 0) is 24.4 Å². The summed E-state index contributed by atoms with van der Waals surface area (Å²) in [4.78, 5) is 0. The first-order chi connectivity index (χ1) is 18.2. The molecule has 0 saturated heterocycles. The predicted molar refractivity (Wildman–Crippen MR) is 151 cm³/mol. The minimum absolute atomic E-state index is 0.192. The van der Waals surface area contributed by atoms with Crippen molar-refractivity contribution in [1.82, 2.24) is 0 Å². The Bertz CT molecular complexity index is 1280. The van der Waals surface area contributed by atoms with E-state index in [4.69, 9.17) is 9.47 Å². The quantitative estimate of drug-likeness (QED) is 0.294. The van der Waals surface area contributed by atoms with Gasteiger partial charge in [0.15, 0.2) is 0 Å². The Balaban J connectivity index is 1.26. The van der Waals surface area contributed by atoms with Gasteiger partial charge in [-0.05, 0) is 90.3 Å². The van der Waals surface area contributed by atoms with Crippen LogP contribution >= 0.6 is 0 Å². The molecule has 0 amide bonds. The number of allylic oxidation sites excluding steroid dienone is 3. The minimum atomic E-state index is 0.192. The topological polar surface area (TPSA) is 18.5 Å². The van der Waals surface area contributed by atoms with Crippen molar-refractivity contribution in [3.8, 4) is 5.75 Å². The van der Waals surface area contributed by atoms with Crippen LogP contribution in [0.15, 0.2) is 97.1 Å². The molecular formula is C35H38O2. The fourth-order valence-corrected chi connectivity index (χ4v) is 7.47. The third-order valence-corrected chi connectivity index (χ3v) is 9.18. The van der Waals surface area contributed by atoms with Crippen LogP contribution in [0.25, 0.3) is 5.57 Å². The van der Waals surface area contributed by atoms with Gasteiger partial charge >= 0.3 is 0 Å². The number of ether oxygens (including phenoxy) is 2. The lowest BCUT2D eigenvalue weighted by Crippen LogP contribution is -2.42. The molecule has 3 aromatic carbocycles. The molecule has 0 radical (unpaired) electrons. The SMILES string of the molecule is C=CCC1=C2c3ccc(OCc4ccccc4)cc3CC[C@H]2[C@@H]2CC[C@H](OCc3ccccc3)[C@@]2(C)C1. The van der Waals surface area contributed by atoms with E-state index < -0.39 is 0 Å². The van der Waals surface area contributed by atoms with E-state index in [0.29, 0.717) is 31.2 Å². The first kappa shape index (κ1) is 24.2. The molecule has 3 aliphatic carbocycles. The Morgan fingerprint density at radius 2 is 1.62 bits per heavy atom. The highest BCUT2D eigenvalue weighted by atomic mass is 16.5. The van der Waals surface area contributed by atoms with Crippen molar-refractivity contribution in [2.24, 2.45) is 17.3 Å². The Morgan fingerprint density at radius 3 is 2.35 bits per heavy atom. The summed E-state index contributed by atoms with van der Waals surface area (Å²) >= 11 is 0. The molecule has 2 heteroatoms. The smallest absolute Gasteiger partial charge is 0.120 e. The average molecular weight is 491 g/mol. The Kier molecular flexibility index (Phi) is 6.78. The zero-order valence-corrected chi connectivity index (χ0v) is 22.0. The van der Waals surface area contributed by atoms with Crippen LogP contribution in [-0.4, -0.2) is 6.10 Å². The van der Waals surface area contributed by atoms with E-state index in [9.17, 15) is 0 Å². The second-order valence-corrected chi connectivity index (χ2v) is 11.4. The van der Waals surface area contributed by atoms with E-state index in [2.05, 4.69) is 92.4 Å². The van der Waals surface area contributed by atoms with Crippen molar-refractivity contribution in [2.75, 3.05) is 0 Å². The van der Waals surface area contributed by atoms with Crippen LogP contribution < -0.4 is 4.74 Å². The van der Waals surface area contributed by atoms with Gasteiger partial charge < -0.3 is 9.47 Å². The standard InChI is InChI=1S/C35H38O2/c1-3-10-28-22-35(2)32(19-20-33(35)37-24-26-13-8-5-9-14-26)31-17-15-27-21-29(16-18-30(27)34(28)31)36-23-25-11-6-4-7-12-25/h3-9,11-14,16,18,21,31-33H,1,10,15,17,19-20,22-24H2,2H3/t31-,32-,33-,35-/m0/s1. The maximum Gasteiger partial charge on any atom is 0.120 e. The molecule has 0 aliphatic heterocycles. The van der Waals surface area contributed by atoms with Gasteiger partial charge in [0.25, 0.3) is 0 Å². The largest absolute Gasteiger partial charge is 0.489 e. The van der Waals surface area contributed by atoms with E-state index in [1.807, 2.05) is 6.07 Å². The summed E-state index contributed by atoms with van der Waals surface area (Å²) in [6, 6.07) is 27.8. The molecule has 4 atom stereocenters. The highest BCUT2D eigenvalue weighted by molar-refractivity contribution is 5.76. The van der Waals surface area contributed by atoms with E-state index in [0.717, 1.165) is 31.4 Å². The maximum atomic E-state index is 6.65. The van der Waals surface area contributed by atoms with Crippen molar-refractivity contribution in [3.63, 3.8) is 0 Å². The molecule has 0 bridgehead atoms. The van der Waals surface area contributed by atoms with Gasteiger partial charge in [-0.1, -0.05) is 85.3 Å². The maximum absolute atomic E-state index is 6.65. The number of benzene rings is 3. The molecule has 3 aromatic rings. The van der Waals surface area contributed by atoms with Crippen molar-refractivity contribution in [2.45, 2.75) is 64.8 Å². The van der Waals surface area contributed by atoms with E-state index in [-0.39, 0.29) is 5.41 Å². The Hall–Kier alpha value is -3.10. The monoisotopic (exact) mass is 490 g/mol. The van der Waals surface area contributed by atoms with Crippen molar-refractivity contribution < 1.29 is 9.47 Å². The second kappa shape index (κ2) is 10.3. The molecule has 0 heterocycles. The second-order valence-electron chi connectivity index (χ2n) is 11.4. The molecule has 1 saturated carbocycles. The molecule has 6 rings (SSSR count). The molecule has 0 unspecified atom stereocenters. The molecule has 190 valence electrons. The summed E-state index contributed by atoms with van der Waals surface area (Å²) in [6.07, 6.45) is 9.26. The summed E-state index contributed by atoms with van der Waals surface area (Å²) in [6.45, 7) is 7.96. The summed E-state index contributed by atoms with van der Waals surface area (Å²) in [5, 5.41) is 0. The van der Waals surface area contributed by atoms with E-state index in [1.54, 1.807) is 11.1 Å². The summed E-state index contributed by atoms with van der Waals surface area (Å²) < 4.78 is 12.8. The van der Waals surface area contributed by atoms with Crippen LogP contribution in [0.1, 0.15) is 61.3 Å². The molecule has 0 aromatic heterocycles. The number of fused-ring (bicyclic) bond motifs is 5. The van der Waals surface area contributed by atoms with Gasteiger partial charge in [-0.2, -0.15) is 0 Å². The molecule has 0 N–H and O–H groups in total. The normalized spacial score (nSPS) is 26.2. The Morgan fingerprint density at radius 1 is 0.892 bits per heavy atom. The van der Waals surface area contributed by atoms with Gasteiger partial charge in [0.05, 0.1) is 12.7 Å². The number of aryl methyl sites for hydroxylation is 1. The molecule has 3 aliphatic rings. The predicted octanol–water partition coefficient (Wildman–Crippen LogP) is 8.56. The third-order valence-electron chi connectivity index (χ3n) is 9.18. The van der Waals surface area contributed by atoms with Gasteiger partial charge in [0, 0.05) is 5.41 Å². The first-order valence-corrected chi connectivity index (χ1v) is 13.9. The molecule has 2 nitrogen and oxygen atoms in total. The van der Waals surface area contributed by atoms with Gasteiger partial charge in [0.1, 0.15) is 12.4 Å². The third kappa shape index (κ3) is 4.68. The van der Waals surface area contributed by atoms with Crippen LogP contribution in [0.4, 0.5) is 0 Å². The highest BCUT2D eigenvalue weighted by Gasteiger charge is 2.54. The average Bonchev–Trinajstić information content (AvgIpc) is 3.27.